The summed E-state index contributed by atoms with van der Waals surface area (Å²) < 4.78 is 0. The maximum Gasteiger partial charge on any atom is 0.233 e. The highest BCUT2D eigenvalue weighted by Gasteiger charge is 2.48. The molecule has 1 amide bonds. The fraction of sp³-hybridized carbons (Fsp3) is 0.842. The van der Waals surface area contributed by atoms with Gasteiger partial charge in [-0.05, 0) is 56.8 Å². The summed E-state index contributed by atoms with van der Waals surface area (Å²) in [6, 6.07) is 1.58. The molecule has 3 aliphatic heterocycles. The van der Waals surface area contributed by atoms with Crippen LogP contribution in [0.25, 0.3) is 0 Å². The molecule has 0 unspecified atom stereocenters. The lowest BCUT2D eigenvalue weighted by atomic mass is 9.74. The van der Waals surface area contributed by atoms with Crippen LogP contribution in [0.1, 0.15) is 44.3 Å². The van der Waals surface area contributed by atoms with Crippen molar-refractivity contribution < 1.29 is 4.79 Å². The van der Waals surface area contributed by atoms with Crippen molar-refractivity contribution >= 4 is 17.7 Å². The zero-order chi connectivity index (χ0) is 17.7. The van der Waals surface area contributed by atoms with Gasteiger partial charge in [-0.25, -0.2) is 4.98 Å². The van der Waals surface area contributed by atoms with Gasteiger partial charge < -0.3 is 4.90 Å². The van der Waals surface area contributed by atoms with Crippen molar-refractivity contribution in [1.29, 1.82) is 0 Å². The molecule has 4 aliphatic rings. The normalized spacial score (nSPS) is 34.6. The number of nitrogens with zero attached hydrogens (tertiary/aromatic N) is 4. The minimum atomic E-state index is 0.259. The quantitative estimate of drug-likeness (QED) is 0.818. The molecule has 1 saturated carbocycles. The molecule has 1 N–H and O–H groups in total. The highest BCUT2D eigenvalue weighted by molar-refractivity contribution is 7.99. The molecule has 0 radical (unpaired) electrons. The molecular weight excluding hydrogens is 346 g/mol. The van der Waals surface area contributed by atoms with E-state index in [-0.39, 0.29) is 5.91 Å². The Labute approximate surface area is 159 Å². The van der Waals surface area contributed by atoms with Gasteiger partial charge in [-0.1, -0.05) is 18.2 Å². The lowest BCUT2D eigenvalue weighted by molar-refractivity contribution is -0.136. The molecule has 4 fully saturated rings. The molecule has 4 atom stereocenters. The molecule has 142 valence electrons. The van der Waals surface area contributed by atoms with Crippen molar-refractivity contribution in [2.75, 3.05) is 25.4 Å². The number of thioether (sulfide) groups is 1. The van der Waals surface area contributed by atoms with Crippen molar-refractivity contribution in [1.82, 2.24) is 25.0 Å². The van der Waals surface area contributed by atoms with Gasteiger partial charge in [0.15, 0.2) is 0 Å². The second-order valence-corrected chi connectivity index (χ2v) is 9.69. The third kappa shape index (κ3) is 3.28. The predicted molar refractivity (Wildman–Crippen MR) is 101 cm³/mol. The van der Waals surface area contributed by atoms with Crippen LogP contribution in [0.5, 0.6) is 0 Å². The molecule has 0 aromatic carbocycles. The third-order valence-electron chi connectivity index (χ3n) is 6.85. The Hall–Kier alpha value is -1.08. The Kier molecular flexibility index (Phi) is 4.47. The summed E-state index contributed by atoms with van der Waals surface area (Å²) in [5.41, 5.74) is 0. The maximum absolute atomic E-state index is 12.8. The van der Waals surface area contributed by atoms with Gasteiger partial charge in [-0.3, -0.25) is 14.8 Å². The van der Waals surface area contributed by atoms with E-state index >= 15 is 0 Å². The molecule has 7 heteroatoms. The summed E-state index contributed by atoms with van der Waals surface area (Å²) in [7, 11) is 0. The Morgan fingerprint density at radius 3 is 2.69 bits per heavy atom. The first-order valence-electron chi connectivity index (χ1n) is 10.2. The average molecular weight is 376 g/mol. The number of hydrogen-bond acceptors (Lipinski definition) is 5. The lowest BCUT2D eigenvalue weighted by Gasteiger charge is -2.55. The summed E-state index contributed by atoms with van der Waals surface area (Å²) in [5, 5.41) is 7.64. The Morgan fingerprint density at radius 2 is 1.96 bits per heavy atom. The minimum Gasteiger partial charge on any atom is -0.341 e. The smallest absolute Gasteiger partial charge is 0.233 e. The molecule has 3 saturated heterocycles. The number of likely N-dealkylation sites (tertiary alicyclic amines) is 1. The number of carbonyl (C=O) groups excluding carboxylic acids is 1. The van der Waals surface area contributed by atoms with E-state index in [4.69, 9.17) is 0 Å². The predicted octanol–water partition coefficient (Wildman–Crippen LogP) is 2.32. The third-order valence-corrected chi connectivity index (χ3v) is 7.69. The summed E-state index contributed by atoms with van der Waals surface area (Å²) in [6.07, 6.45) is 8.37. The summed E-state index contributed by atoms with van der Waals surface area (Å²) >= 11 is 1.45. The van der Waals surface area contributed by atoms with Crippen LogP contribution in [-0.4, -0.2) is 68.4 Å². The van der Waals surface area contributed by atoms with Crippen LogP contribution >= 0.6 is 11.8 Å². The van der Waals surface area contributed by atoms with Crippen molar-refractivity contribution in [3.05, 3.63) is 5.82 Å². The van der Waals surface area contributed by atoms with Crippen molar-refractivity contribution in [3.63, 3.8) is 0 Å². The number of H-pyrrole nitrogens is 1. The fourth-order valence-electron chi connectivity index (χ4n) is 5.64. The monoisotopic (exact) mass is 375 g/mol. The van der Waals surface area contributed by atoms with E-state index < -0.39 is 0 Å². The van der Waals surface area contributed by atoms with Gasteiger partial charge in [0, 0.05) is 31.7 Å². The van der Waals surface area contributed by atoms with E-state index in [1.807, 2.05) is 6.92 Å². The first-order chi connectivity index (χ1) is 12.7. The second kappa shape index (κ2) is 6.82. The molecule has 1 aromatic rings. The summed E-state index contributed by atoms with van der Waals surface area (Å²) in [4.78, 5) is 22.1. The standard InChI is InChI=1S/C19H29N5OS/c1-12-20-19(22-21-12)26-11-18(25)23-8-13-7-15(10-23)17-4-2-3-16(14-5-6-14)24(17)9-13/h13-17H,2-11H2,1H3,(H,20,21,22)/t13-,15+,16+,17-/m0/s1. The Morgan fingerprint density at radius 1 is 1.15 bits per heavy atom. The van der Waals surface area contributed by atoms with Crippen molar-refractivity contribution in [2.45, 2.75) is 62.7 Å². The topological polar surface area (TPSA) is 65.1 Å². The number of nitrogens with one attached hydrogen (secondary N) is 1. The number of piperidine rings is 3. The average Bonchev–Trinajstić information content (AvgIpc) is 3.40. The number of aryl methyl sites for hydroxylation is 1. The van der Waals surface area contributed by atoms with E-state index in [9.17, 15) is 4.79 Å². The van der Waals surface area contributed by atoms with Crippen molar-refractivity contribution in [3.8, 4) is 0 Å². The van der Waals surface area contributed by atoms with Gasteiger partial charge in [-0.15, -0.1) is 5.10 Å². The molecule has 26 heavy (non-hydrogen) atoms. The minimum absolute atomic E-state index is 0.259. The molecule has 5 rings (SSSR count). The van der Waals surface area contributed by atoms with Crippen LogP contribution in [0.15, 0.2) is 5.16 Å². The number of rotatable bonds is 4. The molecule has 4 heterocycles. The largest absolute Gasteiger partial charge is 0.341 e. The zero-order valence-electron chi connectivity index (χ0n) is 15.6. The van der Waals surface area contributed by atoms with E-state index in [2.05, 4.69) is 25.0 Å². The van der Waals surface area contributed by atoms with E-state index in [1.165, 1.54) is 56.8 Å². The molecule has 2 bridgehead atoms. The second-order valence-electron chi connectivity index (χ2n) is 8.75. The molecular formula is C19H29N5OS. The van der Waals surface area contributed by atoms with Gasteiger partial charge >= 0.3 is 0 Å². The summed E-state index contributed by atoms with van der Waals surface area (Å²) in [5.74, 6) is 3.85. The maximum atomic E-state index is 12.8. The number of fused-ring (bicyclic) bond motifs is 4. The number of aromatic nitrogens is 3. The highest BCUT2D eigenvalue weighted by atomic mass is 32.2. The molecule has 1 aliphatic carbocycles. The van der Waals surface area contributed by atoms with Crippen LogP contribution in [0, 0.1) is 24.7 Å². The number of carbonyl (C=O) groups is 1. The van der Waals surface area contributed by atoms with Crippen LogP contribution in [0.3, 0.4) is 0 Å². The van der Waals surface area contributed by atoms with Gasteiger partial charge in [0.05, 0.1) is 5.75 Å². The van der Waals surface area contributed by atoms with Gasteiger partial charge in [-0.2, -0.15) is 0 Å². The van der Waals surface area contributed by atoms with Crippen LogP contribution < -0.4 is 0 Å². The number of amides is 1. The van der Waals surface area contributed by atoms with E-state index in [0.717, 1.165) is 36.9 Å². The first-order valence-corrected chi connectivity index (χ1v) is 11.2. The molecule has 0 spiro atoms. The number of aromatic amines is 1. The van der Waals surface area contributed by atoms with Crippen molar-refractivity contribution in [2.24, 2.45) is 17.8 Å². The highest BCUT2D eigenvalue weighted by Crippen LogP contribution is 2.46. The van der Waals surface area contributed by atoms with Gasteiger partial charge in [0.25, 0.3) is 0 Å². The van der Waals surface area contributed by atoms with E-state index in [1.54, 1.807) is 0 Å². The zero-order valence-corrected chi connectivity index (χ0v) is 16.4. The van der Waals surface area contributed by atoms with Crippen LogP contribution in [0.2, 0.25) is 0 Å². The number of hydrogen-bond donors (Lipinski definition) is 1. The SMILES string of the molecule is Cc1nc(SCC(=O)N2C[C@@H]3C[C@H](C2)[C@@H]2CCC[C@H](C4CC4)N2C3)n[nH]1. The Balaban J connectivity index is 1.22. The lowest BCUT2D eigenvalue weighted by Crippen LogP contribution is -2.62. The van der Waals surface area contributed by atoms with Gasteiger partial charge in [0.2, 0.25) is 11.1 Å². The van der Waals surface area contributed by atoms with Crippen LogP contribution in [0.4, 0.5) is 0 Å². The fourth-order valence-corrected chi connectivity index (χ4v) is 6.39. The Bertz CT molecular complexity index is 675. The van der Waals surface area contributed by atoms with Gasteiger partial charge in [0.1, 0.15) is 5.82 Å². The molecule has 6 nitrogen and oxygen atoms in total. The summed E-state index contributed by atoms with van der Waals surface area (Å²) in [6.45, 7) is 5.01. The van der Waals surface area contributed by atoms with E-state index in [0.29, 0.717) is 22.7 Å². The first kappa shape index (κ1) is 17.0. The van der Waals surface area contributed by atoms with Crippen LogP contribution in [-0.2, 0) is 4.79 Å². The molecule has 1 aromatic heterocycles.